The zero-order valence-corrected chi connectivity index (χ0v) is 24.8. The SMILES string of the molecule is Cc1ccccc1CNC(=O)[C@@H]1CSCN1C(=O)[C@@H](O)[C@H](Cc1ccccc1)NC(=O)COc1c(C)cccc1C(=O)O. The van der Waals surface area contributed by atoms with Crippen LogP contribution in [0.5, 0.6) is 5.75 Å². The van der Waals surface area contributed by atoms with Gasteiger partial charge in [-0.1, -0.05) is 66.7 Å². The molecule has 3 aromatic rings. The molecule has 0 aromatic heterocycles. The fourth-order valence-corrected chi connectivity index (χ4v) is 6.00. The van der Waals surface area contributed by atoms with E-state index < -0.39 is 42.6 Å². The molecule has 0 saturated carbocycles. The molecule has 1 aliphatic rings. The van der Waals surface area contributed by atoms with Gasteiger partial charge in [0.05, 0.1) is 11.9 Å². The van der Waals surface area contributed by atoms with Crippen LogP contribution >= 0.6 is 11.8 Å². The first-order valence-electron chi connectivity index (χ1n) is 13.8. The summed E-state index contributed by atoms with van der Waals surface area (Å²) in [6, 6.07) is 19.6. The van der Waals surface area contributed by atoms with E-state index in [2.05, 4.69) is 10.6 Å². The summed E-state index contributed by atoms with van der Waals surface area (Å²) in [5, 5.41) is 26.3. The van der Waals surface area contributed by atoms with Crippen LogP contribution in [0.15, 0.2) is 72.8 Å². The van der Waals surface area contributed by atoms with Crippen LogP contribution < -0.4 is 15.4 Å². The highest BCUT2D eigenvalue weighted by Gasteiger charge is 2.40. The van der Waals surface area contributed by atoms with Crippen LogP contribution in [0.3, 0.4) is 0 Å². The van der Waals surface area contributed by atoms with Gasteiger partial charge in [0.15, 0.2) is 12.7 Å². The highest BCUT2D eigenvalue weighted by Crippen LogP contribution is 2.25. The molecule has 3 amide bonds. The van der Waals surface area contributed by atoms with Gasteiger partial charge in [-0.05, 0) is 48.6 Å². The lowest BCUT2D eigenvalue weighted by Gasteiger charge is -2.30. The van der Waals surface area contributed by atoms with E-state index in [0.717, 1.165) is 16.7 Å². The molecule has 4 N–H and O–H groups in total. The summed E-state index contributed by atoms with van der Waals surface area (Å²) in [7, 11) is 0. The van der Waals surface area contributed by atoms with Gasteiger partial charge >= 0.3 is 5.97 Å². The Balaban J connectivity index is 1.45. The van der Waals surface area contributed by atoms with Crippen molar-refractivity contribution < 1.29 is 34.1 Å². The maximum Gasteiger partial charge on any atom is 0.339 e. The summed E-state index contributed by atoms with van der Waals surface area (Å²) in [6.45, 7) is 3.41. The number of aliphatic hydroxyl groups is 1. The largest absolute Gasteiger partial charge is 0.483 e. The van der Waals surface area contributed by atoms with E-state index in [-0.39, 0.29) is 29.5 Å². The zero-order chi connectivity index (χ0) is 30.9. The van der Waals surface area contributed by atoms with Crippen molar-refractivity contribution >= 4 is 35.5 Å². The maximum absolute atomic E-state index is 13.6. The summed E-state index contributed by atoms with van der Waals surface area (Å²) >= 11 is 1.41. The highest BCUT2D eigenvalue weighted by molar-refractivity contribution is 7.99. The fourth-order valence-electron chi connectivity index (χ4n) is 4.84. The van der Waals surface area contributed by atoms with Gasteiger partial charge in [0, 0.05) is 12.3 Å². The number of nitrogens with one attached hydrogen (secondary N) is 2. The van der Waals surface area contributed by atoms with Gasteiger partial charge in [-0.15, -0.1) is 11.8 Å². The van der Waals surface area contributed by atoms with Crippen molar-refractivity contribution in [1.82, 2.24) is 15.5 Å². The van der Waals surface area contributed by atoms with E-state index in [1.165, 1.54) is 22.7 Å². The number of aliphatic hydroxyl groups excluding tert-OH is 1. The first kappa shape index (κ1) is 31.6. The molecule has 11 heteroatoms. The van der Waals surface area contributed by atoms with Crippen LogP contribution in [0.2, 0.25) is 0 Å². The highest BCUT2D eigenvalue weighted by atomic mass is 32.2. The number of carboxylic acid groups (broad SMARTS) is 1. The van der Waals surface area contributed by atoms with Gasteiger partial charge in [-0.2, -0.15) is 0 Å². The number of aryl methyl sites for hydroxylation is 2. The molecule has 3 aromatic carbocycles. The Bertz CT molecular complexity index is 1470. The molecular weight excluding hydrogens is 570 g/mol. The van der Waals surface area contributed by atoms with Crippen LogP contribution in [-0.4, -0.2) is 75.2 Å². The van der Waals surface area contributed by atoms with Crippen LogP contribution in [-0.2, 0) is 27.3 Å². The minimum Gasteiger partial charge on any atom is -0.483 e. The second kappa shape index (κ2) is 14.7. The number of aromatic carboxylic acids is 1. The van der Waals surface area contributed by atoms with Crippen LogP contribution in [0.1, 0.15) is 32.6 Å². The molecule has 1 aliphatic heterocycles. The molecule has 0 bridgehead atoms. The first-order valence-corrected chi connectivity index (χ1v) is 15.0. The third-order valence-corrected chi connectivity index (χ3v) is 8.26. The number of benzene rings is 3. The molecule has 1 fully saturated rings. The smallest absolute Gasteiger partial charge is 0.339 e. The van der Waals surface area contributed by atoms with Gasteiger partial charge in [0.1, 0.15) is 17.4 Å². The Morgan fingerprint density at radius 2 is 1.67 bits per heavy atom. The van der Waals surface area contributed by atoms with E-state index in [1.54, 1.807) is 19.1 Å². The second-order valence-electron chi connectivity index (χ2n) is 10.3. The average molecular weight is 606 g/mol. The molecule has 226 valence electrons. The molecule has 43 heavy (non-hydrogen) atoms. The number of carbonyl (C=O) groups excluding carboxylic acids is 3. The Morgan fingerprint density at radius 3 is 2.40 bits per heavy atom. The molecule has 0 spiro atoms. The number of thioether (sulfide) groups is 1. The van der Waals surface area contributed by atoms with Crippen molar-refractivity contribution in [3.63, 3.8) is 0 Å². The van der Waals surface area contributed by atoms with Gasteiger partial charge in [0.2, 0.25) is 5.91 Å². The third kappa shape index (κ3) is 8.14. The number of rotatable bonds is 12. The van der Waals surface area contributed by atoms with Crippen LogP contribution in [0.25, 0.3) is 0 Å². The fraction of sp³-hybridized carbons (Fsp3) is 0.312. The summed E-state index contributed by atoms with van der Waals surface area (Å²) < 4.78 is 5.58. The lowest BCUT2D eigenvalue weighted by Crippen LogP contribution is -2.56. The normalized spacial score (nSPS) is 15.8. The summed E-state index contributed by atoms with van der Waals surface area (Å²) in [5.74, 6) is -2.16. The van der Waals surface area contributed by atoms with Crippen molar-refractivity contribution in [3.05, 3.63) is 101 Å². The molecular formula is C32H35N3O7S. The Morgan fingerprint density at radius 1 is 0.977 bits per heavy atom. The number of carbonyl (C=O) groups is 4. The maximum atomic E-state index is 13.6. The van der Waals surface area contributed by atoms with E-state index in [1.807, 2.05) is 61.5 Å². The summed E-state index contributed by atoms with van der Waals surface area (Å²) in [5.41, 5.74) is 3.24. The second-order valence-corrected chi connectivity index (χ2v) is 11.3. The Hall–Kier alpha value is -4.35. The topological polar surface area (TPSA) is 145 Å². The number of amides is 3. The third-order valence-electron chi connectivity index (χ3n) is 7.25. The molecule has 3 atom stereocenters. The van der Waals surface area contributed by atoms with Crippen LogP contribution in [0.4, 0.5) is 0 Å². The minimum absolute atomic E-state index is 0.0648. The number of ether oxygens (including phenoxy) is 1. The number of hydrogen-bond donors (Lipinski definition) is 4. The Kier molecular flexibility index (Phi) is 10.8. The molecule has 0 aliphatic carbocycles. The number of para-hydroxylation sites is 1. The van der Waals surface area contributed by atoms with Crippen molar-refractivity contribution in [2.24, 2.45) is 0 Å². The number of nitrogens with zero attached hydrogens (tertiary/aromatic N) is 1. The minimum atomic E-state index is -1.65. The van der Waals surface area contributed by atoms with Gasteiger partial charge < -0.3 is 30.5 Å². The predicted molar refractivity (Wildman–Crippen MR) is 163 cm³/mol. The number of carboxylic acids is 1. The lowest BCUT2D eigenvalue weighted by molar-refractivity contribution is -0.146. The standard InChI is InChI=1S/C32H35N3O7S/c1-20-9-6-7-13-23(20)16-33-30(38)26-18-43-19-35(26)31(39)28(37)25(15-22-11-4-3-5-12-22)34-27(36)17-42-29-21(2)10-8-14-24(29)32(40)41/h3-14,25-26,28,37H,15-19H2,1-2H3,(H,33,38)(H,34,36)(H,40,41)/t25-,26-,28-/m0/s1. The molecule has 1 heterocycles. The summed E-state index contributed by atoms with van der Waals surface area (Å²) in [4.78, 5) is 52.6. The van der Waals surface area contributed by atoms with Crippen molar-refractivity contribution in [2.75, 3.05) is 18.2 Å². The van der Waals surface area contributed by atoms with Gasteiger partial charge in [-0.25, -0.2) is 4.79 Å². The van der Waals surface area contributed by atoms with Crippen molar-refractivity contribution in [1.29, 1.82) is 0 Å². The molecule has 0 unspecified atom stereocenters. The molecule has 10 nitrogen and oxygen atoms in total. The van der Waals surface area contributed by atoms with Gasteiger partial charge in [0.25, 0.3) is 11.8 Å². The molecule has 4 rings (SSSR count). The quantitative estimate of drug-likeness (QED) is 0.247. The first-order chi connectivity index (χ1) is 20.7. The van der Waals surface area contributed by atoms with E-state index >= 15 is 0 Å². The van der Waals surface area contributed by atoms with E-state index in [0.29, 0.717) is 17.9 Å². The summed E-state index contributed by atoms with van der Waals surface area (Å²) in [6.07, 6.45) is -1.52. The van der Waals surface area contributed by atoms with E-state index in [9.17, 15) is 29.4 Å². The molecule has 1 saturated heterocycles. The van der Waals surface area contributed by atoms with Crippen molar-refractivity contribution in [3.8, 4) is 5.75 Å². The van der Waals surface area contributed by atoms with Crippen molar-refractivity contribution in [2.45, 2.75) is 45.0 Å². The molecule has 0 radical (unpaired) electrons. The zero-order valence-electron chi connectivity index (χ0n) is 24.0. The Labute approximate surface area is 254 Å². The van der Waals surface area contributed by atoms with Crippen LogP contribution in [0, 0.1) is 13.8 Å². The van der Waals surface area contributed by atoms with Gasteiger partial charge in [-0.3, -0.25) is 14.4 Å². The average Bonchev–Trinajstić information content (AvgIpc) is 3.49. The van der Waals surface area contributed by atoms with E-state index in [4.69, 9.17) is 4.74 Å². The number of hydrogen-bond acceptors (Lipinski definition) is 7. The predicted octanol–water partition coefficient (Wildman–Crippen LogP) is 2.69. The lowest BCUT2D eigenvalue weighted by atomic mass is 9.99. The monoisotopic (exact) mass is 605 g/mol.